The fourth-order valence-electron chi connectivity index (χ4n) is 2.47. The summed E-state index contributed by atoms with van der Waals surface area (Å²) in [4.78, 5) is 42.1. The number of nitrogens with zero attached hydrogens (tertiary/aromatic N) is 2. The molecule has 2 N–H and O–H groups in total. The second-order valence-electron chi connectivity index (χ2n) is 6.14. The largest absolute Gasteiger partial charge is 0.459 e. The number of amides is 3. The molecule has 0 aliphatic heterocycles. The van der Waals surface area contributed by atoms with Crippen LogP contribution in [0.3, 0.4) is 0 Å². The van der Waals surface area contributed by atoms with Gasteiger partial charge in [0.25, 0.3) is 5.91 Å². The van der Waals surface area contributed by atoms with E-state index in [0.29, 0.717) is 0 Å². The standard InChI is InChI=1S/C19H20N4O4S/c1-12(19-22-13-6-3-4-8-15(13)28-19)23(2)17(25)11-20-16(24)10-21-18(26)14-7-5-9-27-14/h3-9,12H,10-11H2,1-2H3,(H,20,24)(H,21,26)/t12-/m1/s1. The van der Waals surface area contributed by atoms with E-state index in [-0.39, 0.29) is 30.8 Å². The molecular formula is C19H20N4O4S. The van der Waals surface area contributed by atoms with E-state index in [1.54, 1.807) is 18.0 Å². The number of carbonyl (C=O) groups is 3. The Morgan fingerprint density at radius 2 is 1.93 bits per heavy atom. The van der Waals surface area contributed by atoms with Gasteiger partial charge in [0.1, 0.15) is 5.01 Å². The van der Waals surface area contributed by atoms with Crippen molar-refractivity contribution in [2.75, 3.05) is 20.1 Å². The van der Waals surface area contributed by atoms with Gasteiger partial charge in [0.15, 0.2) is 5.76 Å². The number of nitrogens with one attached hydrogen (secondary N) is 2. The Bertz CT molecular complexity index is 950. The number of benzene rings is 1. The van der Waals surface area contributed by atoms with Crippen molar-refractivity contribution in [3.8, 4) is 0 Å². The van der Waals surface area contributed by atoms with Crippen molar-refractivity contribution in [1.29, 1.82) is 0 Å². The molecule has 1 atom stereocenters. The number of fused-ring (bicyclic) bond motifs is 1. The molecule has 0 aliphatic carbocycles. The Morgan fingerprint density at radius 1 is 1.14 bits per heavy atom. The molecule has 9 heteroatoms. The van der Waals surface area contributed by atoms with Crippen molar-refractivity contribution in [2.24, 2.45) is 0 Å². The first-order valence-corrected chi connectivity index (χ1v) is 9.47. The lowest BCUT2D eigenvalue weighted by Crippen LogP contribution is -2.43. The molecule has 0 unspecified atom stereocenters. The van der Waals surface area contributed by atoms with E-state index in [9.17, 15) is 14.4 Å². The average Bonchev–Trinajstić information content (AvgIpc) is 3.38. The summed E-state index contributed by atoms with van der Waals surface area (Å²) in [5.41, 5.74) is 0.899. The van der Waals surface area contributed by atoms with Crippen LogP contribution in [0.25, 0.3) is 10.2 Å². The van der Waals surface area contributed by atoms with Crippen molar-refractivity contribution in [3.05, 3.63) is 53.4 Å². The molecule has 2 aromatic heterocycles. The molecule has 3 aromatic rings. The van der Waals surface area contributed by atoms with Crippen molar-refractivity contribution in [1.82, 2.24) is 20.5 Å². The van der Waals surface area contributed by atoms with Gasteiger partial charge in [0, 0.05) is 7.05 Å². The number of hydrogen-bond acceptors (Lipinski definition) is 6. The number of furan rings is 1. The smallest absolute Gasteiger partial charge is 0.287 e. The predicted octanol–water partition coefficient (Wildman–Crippen LogP) is 1.95. The van der Waals surface area contributed by atoms with Crippen LogP contribution < -0.4 is 10.6 Å². The highest BCUT2D eigenvalue weighted by Gasteiger charge is 2.21. The van der Waals surface area contributed by atoms with Crippen molar-refractivity contribution >= 4 is 39.3 Å². The molecule has 1 aromatic carbocycles. The number of likely N-dealkylation sites (N-methyl/N-ethyl adjacent to an activating group) is 1. The third-order valence-electron chi connectivity index (χ3n) is 4.23. The Labute approximate surface area is 165 Å². The average molecular weight is 400 g/mol. The molecule has 0 saturated carbocycles. The summed E-state index contributed by atoms with van der Waals surface area (Å²) in [7, 11) is 1.67. The monoisotopic (exact) mass is 400 g/mol. The molecular weight excluding hydrogens is 380 g/mol. The maximum absolute atomic E-state index is 12.4. The Kier molecular flexibility index (Phi) is 6.05. The van der Waals surface area contributed by atoms with Crippen LogP contribution >= 0.6 is 11.3 Å². The number of thiazole rings is 1. The lowest BCUT2D eigenvalue weighted by Gasteiger charge is -2.23. The van der Waals surface area contributed by atoms with Gasteiger partial charge in [-0.2, -0.15) is 0 Å². The van der Waals surface area contributed by atoms with E-state index in [1.807, 2.05) is 31.2 Å². The van der Waals surface area contributed by atoms with E-state index < -0.39 is 11.8 Å². The van der Waals surface area contributed by atoms with Crippen LogP contribution in [0.2, 0.25) is 0 Å². The van der Waals surface area contributed by atoms with E-state index >= 15 is 0 Å². The quantitative estimate of drug-likeness (QED) is 0.631. The number of carbonyl (C=O) groups excluding carboxylic acids is 3. The highest BCUT2D eigenvalue weighted by atomic mass is 32.1. The minimum Gasteiger partial charge on any atom is -0.459 e. The first-order chi connectivity index (χ1) is 13.5. The lowest BCUT2D eigenvalue weighted by molar-refractivity contribution is -0.133. The summed E-state index contributed by atoms with van der Waals surface area (Å²) in [6.07, 6.45) is 1.37. The summed E-state index contributed by atoms with van der Waals surface area (Å²) in [5.74, 6) is -1.09. The zero-order valence-electron chi connectivity index (χ0n) is 15.5. The topological polar surface area (TPSA) is 105 Å². The van der Waals surface area contributed by atoms with Gasteiger partial charge >= 0.3 is 0 Å². The van der Waals surface area contributed by atoms with Crippen LogP contribution in [0, 0.1) is 0 Å². The maximum Gasteiger partial charge on any atom is 0.287 e. The van der Waals surface area contributed by atoms with Gasteiger partial charge in [-0.1, -0.05) is 12.1 Å². The maximum atomic E-state index is 12.4. The van der Waals surface area contributed by atoms with Crippen molar-refractivity contribution in [2.45, 2.75) is 13.0 Å². The Morgan fingerprint density at radius 3 is 2.64 bits per heavy atom. The number of hydrogen-bond donors (Lipinski definition) is 2. The van der Waals surface area contributed by atoms with Gasteiger partial charge in [-0.15, -0.1) is 11.3 Å². The molecule has 0 bridgehead atoms. The SMILES string of the molecule is C[C@H](c1nc2ccccc2s1)N(C)C(=O)CNC(=O)CNC(=O)c1ccco1. The molecule has 146 valence electrons. The van der Waals surface area contributed by atoms with Gasteiger partial charge in [-0.3, -0.25) is 14.4 Å². The summed E-state index contributed by atoms with van der Waals surface area (Å²) < 4.78 is 6.00. The van der Waals surface area contributed by atoms with Crippen LogP contribution in [0.4, 0.5) is 0 Å². The Hall–Kier alpha value is -3.20. The van der Waals surface area contributed by atoms with E-state index in [2.05, 4.69) is 15.6 Å². The minimum atomic E-state index is -0.493. The highest BCUT2D eigenvalue weighted by molar-refractivity contribution is 7.18. The lowest BCUT2D eigenvalue weighted by atomic mass is 10.3. The van der Waals surface area contributed by atoms with Gasteiger partial charge in [0.2, 0.25) is 11.8 Å². The number of rotatable bonds is 7. The van der Waals surface area contributed by atoms with Crippen molar-refractivity contribution < 1.29 is 18.8 Å². The van der Waals surface area contributed by atoms with Crippen LogP contribution in [-0.2, 0) is 9.59 Å². The second kappa shape index (κ2) is 8.66. The molecule has 0 saturated heterocycles. The van der Waals surface area contributed by atoms with E-state index in [0.717, 1.165) is 15.2 Å². The minimum absolute atomic E-state index is 0.119. The Balaban J connectivity index is 1.48. The molecule has 0 radical (unpaired) electrons. The first kappa shape index (κ1) is 19.6. The summed E-state index contributed by atoms with van der Waals surface area (Å²) in [5, 5.41) is 5.76. The molecule has 3 rings (SSSR count). The molecule has 0 aliphatic rings. The fourth-order valence-corrected chi connectivity index (χ4v) is 3.53. The summed E-state index contributed by atoms with van der Waals surface area (Å²) in [6.45, 7) is 1.48. The predicted molar refractivity (Wildman–Crippen MR) is 105 cm³/mol. The molecule has 28 heavy (non-hydrogen) atoms. The van der Waals surface area contributed by atoms with Gasteiger partial charge in [-0.05, 0) is 31.2 Å². The van der Waals surface area contributed by atoms with Crippen LogP contribution in [-0.4, -0.2) is 47.7 Å². The highest BCUT2D eigenvalue weighted by Crippen LogP contribution is 2.28. The van der Waals surface area contributed by atoms with E-state index in [1.165, 1.54) is 23.7 Å². The zero-order valence-corrected chi connectivity index (χ0v) is 16.3. The van der Waals surface area contributed by atoms with Crippen LogP contribution in [0.1, 0.15) is 28.5 Å². The van der Waals surface area contributed by atoms with Crippen LogP contribution in [0.15, 0.2) is 47.1 Å². The normalized spacial score (nSPS) is 11.8. The molecule has 0 spiro atoms. The third kappa shape index (κ3) is 4.55. The zero-order chi connectivity index (χ0) is 20.1. The molecule has 0 fully saturated rings. The number of aromatic nitrogens is 1. The van der Waals surface area contributed by atoms with Crippen molar-refractivity contribution in [3.63, 3.8) is 0 Å². The molecule has 2 heterocycles. The van der Waals surface area contributed by atoms with E-state index in [4.69, 9.17) is 4.42 Å². The van der Waals surface area contributed by atoms with Gasteiger partial charge in [-0.25, -0.2) is 4.98 Å². The molecule has 8 nitrogen and oxygen atoms in total. The van der Waals surface area contributed by atoms with Gasteiger partial charge in [0.05, 0.1) is 35.6 Å². The number of para-hydroxylation sites is 1. The first-order valence-electron chi connectivity index (χ1n) is 8.65. The summed E-state index contributed by atoms with van der Waals surface area (Å²) in [6, 6.07) is 10.6. The molecule has 3 amide bonds. The fraction of sp³-hybridized carbons (Fsp3) is 0.263. The summed E-state index contributed by atoms with van der Waals surface area (Å²) >= 11 is 1.54. The second-order valence-corrected chi connectivity index (χ2v) is 7.20. The van der Waals surface area contributed by atoms with Crippen LogP contribution in [0.5, 0.6) is 0 Å². The van der Waals surface area contributed by atoms with Gasteiger partial charge < -0.3 is 20.0 Å². The third-order valence-corrected chi connectivity index (χ3v) is 5.44.